The van der Waals surface area contributed by atoms with Crippen molar-refractivity contribution in [2.24, 2.45) is 5.92 Å². The highest BCUT2D eigenvalue weighted by molar-refractivity contribution is 6.00. The van der Waals surface area contributed by atoms with Crippen LogP contribution in [0.4, 0.5) is 8.78 Å². The van der Waals surface area contributed by atoms with E-state index in [0.717, 1.165) is 29.2 Å². The maximum atomic E-state index is 14.1. The quantitative estimate of drug-likeness (QED) is 0.682. The Bertz CT molecular complexity index is 948. The van der Waals surface area contributed by atoms with Gasteiger partial charge >= 0.3 is 0 Å². The van der Waals surface area contributed by atoms with E-state index in [-0.39, 0.29) is 29.9 Å². The number of rotatable bonds is 2. The molecule has 0 saturated carbocycles. The number of carbonyl (C=O) groups excluding carboxylic acids is 2. The maximum Gasteiger partial charge on any atom is 0.226 e. The molecule has 29 heavy (non-hydrogen) atoms. The van der Waals surface area contributed by atoms with Gasteiger partial charge in [-0.15, -0.1) is 0 Å². The van der Waals surface area contributed by atoms with Gasteiger partial charge in [0.1, 0.15) is 11.6 Å². The number of ketones is 1. The first kappa shape index (κ1) is 19.7. The van der Waals surface area contributed by atoms with Crippen LogP contribution in [0.2, 0.25) is 0 Å². The summed E-state index contributed by atoms with van der Waals surface area (Å²) in [4.78, 5) is 27.6. The molecular formula is C24H25F2NO2. The summed E-state index contributed by atoms with van der Waals surface area (Å²) >= 11 is 0. The molecule has 152 valence electrons. The number of hydrogen-bond donors (Lipinski definition) is 0. The van der Waals surface area contributed by atoms with Gasteiger partial charge in [-0.3, -0.25) is 9.59 Å². The normalized spacial score (nSPS) is 20.3. The van der Waals surface area contributed by atoms with Crippen LogP contribution in [-0.2, 0) is 11.2 Å². The van der Waals surface area contributed by atoms with Crippen LogP contribution < -0.4 is 0 Å². The molecule has 0 aromatic heterocycles. The molecule has 3 nitrogen and oxygen atoms in total. The molecule has 2 aromatic rings. The third-order valence-electron chi connectivity index (χ3n) is 6.44. The molecule has 0 bridgehead atoms. The molecule has 4 rings (SSSR count). The first-order chi connectivity index (χ1) is 13.9. The van der Waals surface area contributed by atoms with Crippen LogP contribution in [0.5, 0.6) is 0 Å². The Kier molecular flexibility index (Phi) is 5.48. The summed E-state index contributed by atoms with van der Waals surface area (Å²) in [6, 6.07) is 9.31. The Morgan fingerprint density at radius 2 is 1.83 bits per heavy atom. The highest BCUT2D eigenvalue weighted by Crippen LogP contribution is 2.33. The zero-order valence-corrected chi connectivity index (χ0v) is 16.6. The highest BCUT2D eigenvalue weighted by Gasteiger charge is 2.33. The van der Waals surface area contributed by atoms with Gasteiger partial charge in [-0.2, -0.15) is 0 Å². The Hall–Kier alpha value is -2.56. The van der Waals surface area contributed by atoms with Crippen LogP contribution >= 0.6 is 0 Å². The second kappa shape index (κ2) is 8.05. The van der Waals surface area contributed by atoms with Crippen molar-refractivity contribution in [2.45, 2.75) is 44.9 Å². The fourth-order valence-corrected chi connectivity index (χ4v) is 4.76. The average Bonchev–Trinajstić information content (AvgIpc) is 2.89. The molecule has 0 N–H and O–H groups in total. The lowest BCUT2D eigenvalue weighted by atomic mass is 9.88. The van der Waals surface area contributed by atoms with E-state index in [1.807, 2.05) is 25.1 Å². The molecule has 0 spiro atoms. The third kappa shape index (κ3) is 3.96. The first-order valence-electron chi connectivity index (χ1n) is 10.3. The van der Waals surface area contributed by atoms with Gasteiger partial charge < -0.3 is 4.90 Å². The van der Waals surface area contributed by atoms with Crippen LogP contribution in [0, 0.1) is 24.5 Å². The van der Waals surface area contributed by atoms with Crippen molar-refractivity contribution < 1.29 is 18.4 Å². The minimum Gasteiger partial charge on any atom is -0.342 e. The lowest BCUT2D eigenvalue weighted by molar-refractivity contribution is -0.136. The van der Waals surface area contributed by atoms with Crippen LogP contribution in [-0.4, -0.2) is 29.7 Å². The Morgan fingerprint density at radius 3 is 2.59 bits per heavy atom. The number of fused-ring (bicyclic) bond motifs is 1. The number of Topliss-reactive ketones (excluding diaryl/α,β-unsaturated/α-hetero) is 1. The van der Waals surface area contributed by atoms with Gasteiger partial charge in [0.2, 0.25) is 5.91 Å². The standard InChI is InChI=1S/C24H25F2NO2/c1-15-3-2-4-20-19(15)7-5-17(13-23(20)28)24(29)27-11-9-16(10-12-27)21-14-18(25)6-8-22(21)26/h2-4,6,8,14,16-17H,5,7,9-13H2,1H3. The number of halogens is 2. The minimum absolute atomic E-state index is 0.0157. The second-order valence-corrected chi connectivity index (χ2v) is 8.23. The molecule has 1 unspecified atom stereocenters. The number of nitrogens with zero attached hydrogens (tertiary/aromatic N) is 1. The number of likely N-dealkylation sites (tertiary alicyclic amines) is 1. The van der Waals surface area contributed by atoms with E-state index >= 15 is 0 Å². The van der Waals surface area contributed by atoms with E-state index in [2.05, 4.69) is 0 Å². The lowest BCUT2D eigenvalue weighted by Crippen LogP contribution is -2.42. The number of aryl methyl sites for hydroxylation is 1. The van der Waals surface area contributed by atoms with Gasteiger partial charge in [0, 0.05) is 31.0 Å². The molecule has 1 atom stereocenters. The zero-order chi connectivity index (χ0) is 20.5. The van der Waals surface area contributed by atoms with Crippen molar-refractivity contribution in [3.63, 3.8) is 0 Å². The molecule has 1 aliphatic heterocycles. The monoisotopic (exact) mass is 397 g/mol. The first-order valence-corrected chi connectivity index (χ1v) is 10.3. The summed E-state index contributed by atoms with van der Waals surface area (Å²) in [6.45, 7) is 3.02. The molecular weight excluding hydrogens is 372 g/mol. The predicted octanol–water partition coefficient (Wildman–Crippen LogP) is 4.81. The average molecular weight is 397 g/mol. The van der Waals surface area contributed by atoms with E-state index < -0.39 is 11.6 Å². The van der Waals surface area contributed by atoms with Crippen molar-refractivity contribution in [1.82, 2.24) is 4.90 Å². The van der Waals surface area contributed by atoms with Crippen LogP contribution in [0.1, 0.15) is 58.6 Å². The smallest absolute Gasteiger partial charge is 0.226 e. The fraction of sp³-hybridized carbons (Fsp3) is 0.417. The lowest BCUT2D eigenvalue weighted by Gasteiger charge is -2.34. The van der Waals surface area contributed by atoms with E-state index in [1.54, 1.807) is 4.90 Å². The number of piperidine rings is 1. The van der Waals surface area contributed by atoms with Gasteiger partial charge in [-0.05, 0) is 73.4 Å². The minimum atomic E-state index is -0.438. The number of carbonyl (C=O) groups is 2. The van der Waals surface area contributed by atoms with Crippen molar-refractivity contribution in [3.8, 4) is 0 Å². The summed E-state index contributed by atoms with van der Waals surface area (Å²) < 4.78 is 27.6. The van der Waals surface area contributed by atoms with Crippen molar-refractivity contribution in [2.75, 3.05) is 13.1 Å². The summed E-state index contributed by atoms with van der Waals surface area (Å²) in [5.74, 6) is -1.17. The maximum absolute atomic E-state index is 14.1. The number of benzene rings is 2. The van der Waals surface area contributed by atoms with Gasteiger partial charge in [0.05, 0.1) is 0 Å². The molecule has 0 radical (unpaired) electrons. The van der Waals surface area contributed by atoms with E-state index in [4.69, 9.17) is 0 Å². The van der Waals surface area contributed by atoms with Gasteiger partial charge in [-0.1, -0.05) is 18.2 Å². The fourth-order valence-electron chi connectivity index (χ4n) is 4.76. The summed E-state index contributed by atoms with van der Waals surface area (Å²) in [7, 11) is 0. The van der Waals surface area contributed by atoms with Gasteiger partial charge in [0.25, 0.3) is 0 Å². The van der Waals surface area contributed by atoms with Crippen LogP contribution in [0.25, 0.3) is 0 Å². The van der Waals surface area contributed by atoms with E-state index in [9.17, 15) is 18.4 Å². The molecule has 2 aromatic carbocycles. The van der Waals surface area contributed by atoms with Crippen molar-refractivity contribution in [3.05, 3.63) is 70.3 Å². The zero-order valence-electron chi connectivity index (χ0n) is 16.6. The second-order valence-electron chi connectivity index (χ2n) is 8.23. The Balaban J connectivity index is 1.42. The summed E-state index contributed by atoms with van der Waals surface area (Å²) in [6.07, 6.45) is 2.85. The number of amides is 1. The highest BCUT2D eigenvalue weighted by atomic mass is 19.1. The number of hydrogen-bond acceptors (Lipinski definition) is 2. The molecule has 1 fully saturated rings. The summed E-state index contributed by atoms with van der Waals surface area (Å²) in [5.41, 5.74) is 3.31. The van der Waals surface area contributed by atoms with E-state index in [0.29, 0.717) is 37.9 Å². The molecule has 1 aliphatic carbocycles. The summed E-state index contributed by atoms with van der Waals surface area (Å²) in [5, 5.41) is 0. The molecule has 2 aliphatic rings. The van der Waals surface area contributed by atoms with Crippen molar-refractivity contribution in [1.29, 1.82) is 0 Å². The predicted molar refractivity (Wildman–Crippen MR) is 107 cm³/mol. The third-order valence-corrected chi connectivity index (χ3v) is 6.44. The Labute approximate surface area is 169 Å². The largest absolute Gasteiger partial charge is 0.342 e. The topological polar surface area (TPSA) is 37.4 Å². The molecule has 5 heteroatoms. The van der Waals surface area contributed by atoms with Gasteiger partial charge in [-0.25, -0.2) is 8.78 Å². The van der Waals surface area contributed by atoms with Crippen LogP contribution in [0.3, 0.4) is 0 Å². The molecule has 1 saturated heterocycles. The van der Waals surface area contributed by atoms with E-state index in [1.165, 1.54) is 12.1 Å². The SMILES string of the molecule is Cc1cccc2c1CCC(C(=O)N1CCC(c3cc(F)ccc3F)CC1)CC2=O. The Morgan fingerprint density at radius 1 is 1.07 bits per heavy atom. The van der Waals surface area contributed by atoms with Gasteiger partial charge in [0.15, 0.2) is 5.78 Å². The van der Waals surface area contributed by atoms with Crippen molar-refractivity contribution >= 4 is 11.7 Å². The molecule has 1 amide bonds. The molecule has 1 heterocycles. The van der Waals surface area contributed by atoms with Crippen LogP contribution in [0.15, 0.2) is 36.4 Å².